The Morgan fingerprint density at radius 1 is 1.06 bits per heavy atom. The average Bonchev–Trinajstić information content (AvgIpc) is 2.91. The molecule has 9 heteroatoms. The highest BCUT2D eigenvalue weighted by Crippen LogP contribution is 2.26. The lowest BCUT2D eigenvalue weighted by Gasteiger charge is -2.42. The van der Waals surface area contributed by atoms with Crippen LogP contribution in [0.25, 0.3) is 0 Å². The zero-order valence-electron chi connectivity index (χ0n) is 21.1. The van der Waals surface area contributed by atoms with Gasteiger partial charge in [-0.2, -0.15) is 0 Å². The van der Waals surface area contributed by atoms with E-state index in [1.54, 1.807) is 7.05 Å². The molecule has 1 aromatic heterocycles. The van der Waals surface area contributed by atoms with Crippen LogP contribution in [0.1, 0.15) is 59.4 Å². The molecule has 1 aromatic carbocycles. The first-order valence-corrected chi connectivity index (χ1v) is 13.6. The molecule has 7 nitrogen and oxygen atoms in total. The number of halogens is 2. The van der Waals surface area contributed by atoms with Crippen LogP contribution in [0.5, 0.6) is 0 Å². The number of hydrogen-bond donors (Lipinski definition) is 1. The number of nitrogens with zero attached hydrogens (tertiary/aromatic N) is 4. The predicted octanol–water partition coefficient (Wildman–Crippen LogP) is 4.33. The first kappa shape index (κ1) is 26.8. The third kappa shape index (κ3) is 6.36. The summed E-state index contributed by atoms with van der Waals surface area (Å²) in [6, 6.07) is 6.13. The predicted molar refractivity (Wildman–Crippen MR) is 143 cm³/mol. The maximum atomic E-state index is 13.3. The number of carbonyl (C=O) groups is 2. The number of aromatic nitrogens is 2. The van der Waals surface area contributed by atoms with Gasteiger partial charge >= 0.3 is 0 Å². The fourth-order valence-electron chi connectivity index (χ4n) is 5.45. The van der Waals surface area contributed by atoms with Crippen LogP contribution in [-0.4, -0.2) is 70.9 Å². The van der Waals surface area contributed by atoms with E-state index in [4.69, 9.17) is 23.2 Å². The lowest BCUT2D eigenvalue weighted by atomic mass is 9.93. The normalized spacial score (nSPS) is 19.3. The zero-order valence-corrected chi connectivity index (χ0v) is 22.6. The standard InChI is InChI=1S/C27H35Cl2N5O2/c1-18-24(7-3-5-19-8-9-22(28)23(29)15-19)31-17-32-25(18)27(36)33-13-10-21(11-14-33)34-12-4-6-20(16-34)26(35)30-2/h8-9,15,17,20-21H,3-7,10-14,16H2,1-2H3,(H,30,35)/t20-/m0/s1. The minimum atomic E-state index is -0.0130. The quantitative estimate of drug-likeness (QED) is 0.575. The van der Waals surface area contributed by atoms with E-state index in [0.717, 1.165) is 74.9 Å². The lowest BCUT2D eigenvalue weighted by molar-refractivity contribution is -0.126. The Bertz CT molecular complexity index is 1090. The summed E-state index contributed by atoms with van der Waals surface area (Å²) in [5.41, 5.74) is 3.41. The number of rotatable bonds is 7. The molecule has 4 rings (SSSR count). The second kappa shape index (κ2) is 12.3. The van der Waals surface area contributed by atoms with Gasteiger partial charge in [0.2, 0.25) is 5.91 Å². The summed E-state index contributed by atoms with van der Waals surface area (Å²) >= 11 is 12.1. The molecule has 1 atom stereocenters. The van der Waals surface area contributed by atoms with E-state index in [0.29, 0.717) is 34.9 Å². The molecule has 2 fully saturated rings. The lowest BCUT2D eigenvalue weighted by Crippen LogP contribution is -2.51. The smallest absolute Gasteiger partial charge is 0.272 e. The van der Waals surface area contributed by atoms with Crippen molar-refractivity contribution in [2.75, 3.05) is 33.2 Å². The van der Waals surface area contributed by atoms with E-state index < -0.39 is 0 Å². The van der Waals surface area contributed by atoms with Crippen LogP contribution in [-0.2, 0) is 17.6 Å². The van der Waals surface area contributed by atoms with E-state index in [2.05, 4.69) is 20.2 Å². The number of hydrogen-bond acceptors (Lipinski definition) is 5. The summed E-state index contributed by atoms with van der Waals surface area (Å²) in [4.78, 5) is 38.6. The molecule has 1 N–H and O–H groups in total. The van der Waals surface area contributed by atoms with Gasteiger partial charge in [-0.1, -0.05) is 29.3 Å². The number of amides is 2. The average molecular weight is 533 g/mol. The van der Waals surface area contributed by atoms with E-state index in [1.807, 2.05) is 30.0 Å². The van der Waals surface area contributed by atoms with Gasteiger partial charge in [-0.05, 0) is 76.1 Å². The van der Waals surface area contributed by atoms with Crippen molar-refractivity contribution in [2.24, 2.45) is 5.92 Å². The highest BCUT2D eigenvalue weighted by Gasteiger charge is 2.33. The molecular weight excluding hydrogens is 497 g/mol. The third-order valence-electron chi connectivity index (χ3n) is 7.59. The van der Waals surface area contributed by atoms with Crippen molar-refractivity contribution in [3.8, 4) is 0 Å². The molecule has 36 heavy (non-hydrogen) atoms. The van der Waals surface area contributed by atoms with Crippen molar-refractivity contribution >= 4 is 35.0 Å². The van der Waals surface area contributed by atoms with E-state index >= 15 is 0 Å². The number of piperidine rings is 2. The summed E-state index contributed by atoms with van der Waals surface area (Å²) < 4.78 is 0. The molecule has 2 amide bonds. The van der Waals surface area contributed by atoms with Crippen LogP contribution in [0, 0.1) is 12.8 Å². The van der Waals surface area contributed by atoms with Crippen LogP contribution >= 0.6 is 23.2 Å². The van der Waals surface area contributed by atoms with Crippen LogP contribution in [0.15, 0.2) is 24.5 Å². The van der Waals surface area contributed by atoms with Crippen molar-refractivity contribution in [2.45, 2.75) is 57.9 Å². The number of benzene rings is 1. The topological polar surface area (TPSA) is 78.4 Å². The Kier molecular flexibility index (Phi) is 9.20. The molecule has 0 spiro atoms. The molecule has 0 saturated carbocycles. The third-order valence-corrected chi connectivity index (χ3v) is 8.33. The van der Waals surface area contributed by atoms with Gasteiger partial charge in [-0.3, -0.25) is 14.5 Å². The molecule has 0 aliphatic carbocycles. The molecule has 0 radical (unpaired) electrons. The second-order valence-corrected chi connectivity index (χ2v) is 10.7. The van der Waals surface area contributed by atoms with Gasteiger partial charge in [0, 0.05) is 44.0 Å². The van der Waals surface area contributed by atoms with Gasteiger partial charge in [0.05, 0.1) is 16.0 Å². The molecule has 0 unspecified atom stereocenters. The summed E-state index contributed by atoms with van der Waals surface area (Å²) in [5.74, 6) is 0.197. The Morgan fingerprint density at radius 3 is 2.56 bits per heavy atom. The molecule has 194 valence electrons. The van der Waals surface area contributed by atoms with Crippen LogP contribution in [0.3, 0.4) is 0 Å². The van der Waals surface area contributed by atoms with Gasteiger partial charge in [-0.15, -0.1) is 0 Å². The van der Waals surface area contributed by atoms with E-state index in [1.165, 1.54) is 6.33 Å². The second-order valence-electron chi connectivity index (χ2n) is 9.87. The molecule has 2 saturated heterocycles. The Labute approximate surface area is 223 Å². The minimum Gasteiger partial charge on any atom is -0.359 e. The van der Waals surface area contributed by atoms with Crippen LogP contribution in [0.2, 0.25) is 10.0 Å². The molecule has 2 aliphatic heterocycles. The monoisotopic (exact) mass is 531 g/mol. The Balaban J connectivity index is 1.31. The Hall–Kier alpha value is -2.22. The fraction of sp³-hybridized carbons (Fsp3) is 0.556. The highest BCUT2D eigenvalue weighted by atomic mass is 35.5. The van der Waals surface area contributed by atoms with Crippen molar-refractivity contribution in [1.29, 1.82) is 0 Å². The minimum absolute atomic E-state index is 0.0130. The van der Waals surface area contributed by atoms with Crippen molar-refractivity contribution in [1.82, 2.24) is 25.1 Å². The summed E-state index contributed by atoms with van der Waals surface area (Å²) in [6.45, 7) is 5.21. The summed E-state index contributed by atoms with van der Waals surface area (Å²) in [6.07, 6.45) is 7.86. The zero-order chi connectivity index (χ0) is 25.7. The number of likely N-dealkylation sites (tertiary alicyclic amines) is 2. The van der Waals surface area contributed by atoms with Crippen LogP contribution < -0.4 is 5.32 Å². The van der Waals surface area contributed by atoms with Crippen molar-refractivity contribution < 1.29 is 9.59 Å². The fourth-order valence-corrected chi connectivity index (χ4v) is 5.77. The summed E-state index contributed by atoms with van der Waals surface area (Å²) in [7, 11) is 1.71. The van der Waals surface area contributed by atoms with Crippen molar-refractivity contribution in [3.63, 3.8) is 0 Å². The maximum Gasteiger partial charge on any atom is 0.272 e. The SMILES string of the molecule is CNC(=O)[C@H]1CCCN(C2CCN(C(=O)c3ncnc(CCCc4ccc(Cl)c(Cl)c4)c3C)CC2)C1. The summed E-state index contributed by atoms with van der Waals surface area (Å²) in [5, 5.41) is 3.92. The first-order valence-electron chi connectivity index (χ1n) is 12.9. The van der Waals surface area contributed by atoms with Gasteiger partial charge in [0.1, 0.15) is 12.0 Å². The molecular formula is C27H35Cl2N5O2. The number of carbonyl (C=O) groups excluding carboxylic acids is 2. The van der Waals surface area contributed by atoms with Gasteiger partial charge in [-0.25, -0.2) is 9.97 Å². The van der Waals surface area contributed by atoms with E-state index in [9.17, 15) is 9.59 Å². The van der Waals surface area contributed by atoms with Gasteiger partial charge in [0.15, 0.2) is 0 Å². The van der Waals surface area contributed by atoms with Gasteiger partial charge in [0.25, 0.3) is 5.91 Å². The van der Waals surface area contributed by atoms with Crippen molar-refractivity contribution in [3.05, 3.63) is 57.1 Å². The largest absolute Gasteiger partial charge is 0.359 e. The van der Waals surface area contributed by atoms with E-state index in [-0.39, 0.29) is 17.7 Å². The maximum absolute atomic E-state index is 13.3. The first-order chi connectivity index (χ1) is 17.4. The number of aryl methyl sites for hydroxylation is 2. The Morgan fingerprint density at radius 2 is 1.83 bits per heavy atom. The molecule has 3 heterocycles. The van der Waals surface area contributed by atoms with Crippen LogP contribution in [0.4, 0.5) is 0 Å². The molecule has 2 aromatic rings. The highest BCUT2D eigenvalue weighted by molar-refractivity contribution is 6.42. The van der Waals surface area contributed by atoms with Gasteiger partial charge < -0.3 is 10.2 Å². The molecule has 2 aliphatic rings. The molecule has 0 bridgehead atoms. The number of nitrogens with one attached hydrogen (secondary N) is 1.